The molecule has 0 atom stereocenters. The van der Waals surface area contributed by atoms with Crippen molar-refractivity contribution in [3.05, 3.63) is 40.8 Å². The topological polar surface area (TPSA) is 85.1 Å². The Morgan fingerprint density at radius 3 is 2.48 bits per heavy atom. The van der Waals surface area contributed by atoms with Gasteiger partial charge in [-0.05, 0) is 31.0 Å². The van der Waals surface area contributed by atoms with Gasteiger partial charge in [0.15, 0.2) is 5.82 Å². The highest BCUT2D eigenvalue weighted by molar-refractivity contribution is 7.89. The smallest absolute Gasteiger partial charge is 0.241 e. The van der Waals surface area contributed by atoms with Gasteiger partial charge in [-0.15, -0.1) is 0 Å². The van der Waals surface area contributed by atoms with Crippen LogP contribution in [0.15, 0.2) is 27.6 Å². The third-order valence-electron chi connectivity index (χ3n) is 4.44. The Morgan fingerprint density at radius 1 is 1.24 bits per heavy atom. The number of nitrogens with one attached hydrogen (secondary N) is 1. The van der Waals surface area contributed by atoms with Gasteiger partial charge < -0.3 is 4.52 Å². The molecule has 0 aliphatic heterocycles. The molecule has 1 aromatic heterocycles. The quantitative estimate of drug-likeness (QED) is 0.808. The number of hydrogen-bond donors (Lipinski definition) is 1. The minimum Gasteiger partial charge on any atom is -0.340 e. The first kappa shape index (κ1) is 18.3. The molecule has 0 spiro atoms. The van der Waals surface area contributed by atoms with Crippen LogP contribution in [0.4, 0.5) is 4.39 Å². The number of halogens is 2. The van der Waals surface area contributed by atoms with Gasteiger partial charge in [-0.3, -0.25) is 0 Å². The van der Waals surface area contributed by atoms with E-state index in [0.29, 0.717) is 24.6 Å². The van der Waals surface area contributed by atoms with Crippen molar-refractivity contribution in [2.45, 2.75) is 55.9 Å². The Labute approximate surface area is 150 Å². The van der Waals surface area contributed by atoms with Crippen molar-refractivity contribution in [2.75, 3.05) is 0 Å². The Hall–Kier alpha value is -1.51. The molecule has 0 bridgehead atoms. The zero-order chi connectivity index (χ0) is 18.1. The first-order chi connectivity index (χ1) is 11.8. The monoisotopic (exact) mass is 387 g/mol. The number of sulfonamides is 1. The van der Waals surface area contributed by atoms with Crippen molar-refractivity contribution < 1.29 is 17.3 Å². The fraction of sp³-hybridized carbons (Fsp3) is 0.500. The molecular formula is C16H19ClFN3O3S. The molecule has 1 aromatic carbocycles. The van der Waals surface area contributed by atoms with Gasteiger partial charge in [0.25, 0.3) is 0 Å². The van der Waals surface area contributed by atoms with Crippen molar-refractivity contribution in [3.8, 4) is 0 Å². The first-order valence-electron chi connectivity index (χ1n) is 8.12. The molecular weight excluding hydrogens is 369 g/mol. The van der Waals surface area contributed by atoms with Crippen LogP contribution in [-0.4, -0.2) is 18.6 Å². The number of benzene rings is 1. The van der Waals surface area contributed by atoms with E-state index in [0.717, 1.165) is 37.8 Å². The largest absolute Gasteiger partial charge is 0.340 e. The summed E-state index contributed by atoms with van der Waals surface area (Å²) in [4.78, 5) is 4.17. The number of aromatic nitrogens is 2. The SMILES string of the molecule is Cc1nc(C2(NS(=O)(=O)c3ccc(F)c(Cl)c3)CCCCCC2)no1. The van der Waals surface area contributed by atoms with Crippen molar-refractivity contribution in [1.29, 1.82) is 0 Å². The maximum absolute atomic E-state index is 13.4. The molecule has 1 fully saturated rings. The Balaban J connectivity index is 2.00. The van der Waals surface area contributed by atoms with Gasteiger partial charge in [-0.2, -0.15) is 9.71 Å². The van der Waals surface area contributed by atoms with Gasteiger partial charge in [0.2, 0.25) is 15.9 Å². The molecule has 0 radical (unpaired) electrons. The molecule has 1 saturated carbocycles. The van der Waals surface area contributed by atoms with Gasteiger partial charge >= 0.3 is 0 Å². The summed E-state index contributed by atoms with van der Waals surface area (Å²) in [7, 11) is -3.94. The van der Waals surface area contributed by atoms with Gasteiger partial charge in [-0.1, -0.05) is 42.4 Å². The van der Waals surface area contributed by atoms with Crippen LogP contribution >= 0.6 is 11.6 Å². The normalized spacial score (nSPS) is 18.0. The first-order valence-corrected chi connectivity index (χ1v) is 9.98. The zero-order valence-corrected chi connectivity index (χ0v) is 15.3. The predicted molar refractivity (Wildman–Crippen MR) is 90.1 cm³/mol. The Kier molecular flexibility index (Phi) is 5.13. The average molecular weight is 388 g/mol. The highest BCUT2D eigenvalue weighted by atomic mass is 35.5. The molecule has 1 aliphatic rings. The number of hydrogen-bond acceptors (Lipinski definition) is 5. The summed E-state index contributed by atoms with van der Waals surface area (Å²) in [5.74, 6) is 0.0462. The number of nitrogens with zero attached hydrogens (tertiary/aromatic N) is 2. The highest BCUT2D eigenvalue weighted by Gasteiger charge is 2.41. The summed E-state index contributed by atoms with van der Waals surface area (Å²) in [6.07, 6.45) is 4.87. The van der Waals surface area contributed by atoms with Crippen LogP contribution in [0.25, 0.3) is 0 Å². The Bertz CT molecular complexity index is 861. The lowest BCUT2D eigenvalue weighted by molar-refractivity contribution is 0.301. The van der Waals surface area contributed by atoms with Crippen LogP contribution in [0.2, 0.25) is 5.02 Å². The van der Waals surface area contributed by atoms with E-state index in [1.54, 1.807) is 6.92 Å². The lowest BCUT2D eigenvalue weighted by Crippen LogP contribution is -2.46. The summed E-state index contributed by atoms with van der Waals surface area (Å²) in [5.41, 5.74) is -0.937. The fourth-order valence-corrected chi connectivity index (χ4v) is 4.85. The molecule has 1 aliphatic carbocycles. The molecule has 0 amide bonds. The van der Waals surface area contributed by atoms with Crippen LogP contribution in [0, 0.1) is 12.7 Å². The maximum Gasteiger partial charge on any atom is 0.241 e. The molecule has 1 heterocycles. The second-order valence-electron chi connectivity index (χ2n) is 6.31. The van der Waals surface area contributed by atoms with E-state index >= 15 is 0 Å². The molecule has 0 unspecified atom stereocenters. The molecule has 25 heavy (non-hydrogen) atoms. The van der Waals surface area contributed by atoms with E-state index in [4.69, 9.17) is 16.1 Å². The van der Waals surface area contributed by atoms with Crippen LogP contribution in [0.5, 0.6) is 0 Å². The van der Waals surface area contributed by atoms with Gasteiger partial charge in [0, 0.05) is 6.92 Å². The summed E-state index contributed by atoms with van der Waals surface area (Å²) in [5, 5.41) is 3.72. The summed E-state index contributed by atoms with van der Waals surface area (Å²) in [6.45, 7) is 1.66. The van der Waals surface area contributed by atoms with Crippen LogP contribution in [0.3, 0.4) is 0 Å². The molecule has 2 aromatic rings. The van der Waals surface area contributed by atoms with Crippen molar-refractivity contribution in [3.63, 3.8) is 0 Å². The van der Waals surface area contributed by atoms with Crippen molar-refractivity contribution >= 4 is 21.6 Å². The average Bonchev–Trinajstić information content (AvgIpc) is 2.86. The van der Waals surface area contributed by atoms with Crippen LogP contribution < -0.4 is 4.72 Å². The maximum atomic E-state index is 13.4. The van der Waals surface area contributed by atoms with Gasteiger partial charge in [-0.25, -0.2) is 12.8 Å². The summed E-state index contributed by atoms with van der Waals surface area (Å²) in [6, 6.07) is 3.33. The second-order valence-corrected chi connectivity index (χ2v) is 8.40. The molecule has 1 N–H and O–H groups in total. The Morgan fingerprint density at radius 2 is 1.92 bits per heavy atom. The third kappa shape index (κ3) is 3.86. The van der Waals surface area contributed by atoms with E-state index in [9.17, 15) is 12.8 Å². The highest BCUT2D eigenvalue weighted by Crippen LogP contribution is 2.36. The third-order valence-corrected chi connectivity index (χ3v) is 6.27. The second kappa shape index (κ2) is 7.01. The molecule has 136 valence electrons. The van der Waals surface area contributed by atoms with E-state index in [1.165, 1.54) is 6.07 Å². The van der Waals surface area contributed by atoms with Gasteiger partial charge in [0.1, 0.15) is 5.82 Å². The summed E-state index contributed by atoms with van der Waals surface area (Å²) >= 11 is 5.74. The standard InChI is InChI=1S/C16H19ClFN3O3S/c1-11-19-15(20-24-11)16(8-4-2-3-5-9-16)21-25(22,23)12-6-7-14(18)13(17)10-12/h6-7,10,21H,2-5,8-9H2,1H3. The van der Waals surface area contributed by atoms with Crippen molar-refractivity contribution in [1.82, 2.24) is 14.9 Å². The zero-order valence-electron chi connectivity index (χ0n) is 13.8. The van der Waals surface area contributed by atoms with Gasteiger partial charge in [0.05, 0.1) is 15.5 Å². The lowest BCUT2D eigenvalue weighted by atomic mass is 9.91. The number of aryl methyl sites for hydroxylation is 1. The van der Waals surface area contributed by atoms with E-state index in [-0.39, 0.29) is 9.92 Å². The van der Waals surface area contributed by atoms with Crippen molar-refractivity contribution in [2.24, 2.45) is 0 Å². The molecule has 3 rings (SSSR count). The lowest BCUT2D eigenvalue weighted by Gasteiger charge is -2.30. The summed E-state index contributed by atoms with van der Waals surface area (Å²) < 4.78 is 46.9. The molecule has 0 saturated heterocycles. The minimum absolute atomic E-state index is 0.0947. The van der Waals surface area contributed by atoms with Crippen LogP contribution in [0.1, 0.15) is 50.2 Å². The van der Waals surface area contributed by atoms with E-state index < -0.39 is 21.4 Å². The van der Waals surface area contributed by atoms with E-state index in [2.05, 4.69) is 14.9 Å². The fourth-order valence-electron chi connectivity index (χ4n) is 3.16. The predicted octanol–water partition coefficient (Wildman–Crippen LogP) is 3.70. The minimum atomic E-state index is -3.94. The van der Waals surface area contributed by atoms with E-state index in [1.807, 2.05) is 0 Å². The number of rotatable bonds is 4. The molecule has 9 heteroatoms. The molecule has 6 nitrogen and oxygen atoms in total. The van der Waals surface area contributed by atoms with Crippen LogP contribution in [-0.2, 0) is 15.6 Å².